The fourth-order valence-electron chi connectivity index (χ4n) is 3.28. The van der Waals surface area contributed by atoms with Gasteiger partial charge in [0.1, 0.15) is 6.61 Å². The summed E-state index contributed by atoms with van der Waals surface area (Å²) in [4.78, 5) is 27.9. The minimum absolute atomic E-state index is 0.0135. The molecule has 0 bridgehead atoms. The second kappa shape index (κ2) is 11.2. The summed E-state index contributed by atoms with van der Waals surface area (Å²) in [7, 11) is 1.52. The SMILES string of the molecule is COc1cc(/C=C2\SC(=Nc3cc(Cl)ccc3C)NC2=O)cc(Br)c1OCc1ccc([N+](=O)[O-])cc1. The van der Waals surface area contributed by atoms with Crippen LogP contribution in [0.25, 0.3) is 6.08 Å². The van der Waals surface area contributed by atoms with Crippen LogP contribution in [0.4, 0.5) is 11.4 Å². The van der Waals surface area contributed by atoms with Crippen molar-refractivity contribution in [2.24, 2.45) is 4.99 Å². The third-order valence-electron chi connectivity index (χ3n) is 5.12. The van der Waals surface area contributed by atoms with E-state index in [2.05, 4.69) is 26.2 Å². The van der Waals surface area contributed by atoms with Crippen molar-refractivity contribution in [3.05, 3.63) is 95.8 Å². The van der Waals surface area contributed by atoms with E-state index < -0.39 is 4.92 Å². The molecule has 11 heteroatoms. The van der Waals surface area contributed by atoms with Crippen LogP contribution >= 0.6 is 39.3 Å². The molecule has 1 fully saturated rings. The van der Waals surface area contributed by atoms with Crippen molar-refractivity contribution in [2.75, 3.05) is 7.11 Å². The Bertz CT molecular complexity index is 1410. The smallest absolute Gasteiger partial charge is 0.269 e. The summed E-state index contributed by atoms with van der Waals surface area (Å²) >= 11 is 10.8. The quantitative estimate of drug-likeness (QED) is 0.185. The molecule has 0 atom stereocenters. The van der Waals surface area contributed by atoms with Crippen molar-refractivity contribution in [3.8, 4) is 11.5 Å². The maximum Gasteiger partial charge on any atom is 0.269 e. The fourth-order valence-corrected chi connectivity index (χ4v) is 4.85. The Labute approximate surface area is 224 Å². The average molecular weight is 589 g/mol. The average Bonchev–Trinajstić information content (AvgIpc) is 3.18. The molecule has 3 aromatic carbocycles. The zero-order chi connectivity index (χ0) is 25.8. The van der Waals surface area contributed by atoms with Gasteiger partial charge in [-0.1, -0.05) is 17.7 Å². The summed E-state index contributed by atoms with van der Waals surface area (Å²) in [5.41, 5.74) is 3.13. The lowest BCUT2D eigenvalue weighted by Gasteiger charge is -2.14. The van der Waals surface area contributed by atoms with Crippen LogP contribution in [0.1, 0.15) is 16.7 Å². The molecule has 0 radical (unpaired) electrons. The van der Waals surface area contributed by atoms with Crippen LogP contribution in [-0.2, 0) is 11.4 Å². The highest BCUT2D eigenvalue weighted by Gasteiger charge is 2.24. The molecule has 3 aromatic rings. The molecular formula is C25H19BrClN3O5S. The van der Waals surface area contributed by atoms with Gasteiger partial charge in [-0.15, -0.1) is 0 Å². The van der Waals surface area contributed by atoms with Crippen molar-refractivity contribution >= 4 is 67.8 Å². The maximum atomic E-state index is 12.5. The number of methoxy groups -OCH3 is 1. The summed E-state index contributed by atoms with van der Waals surface area (Å²) < 4.78 is 12.1. The molecule has 184 valence electrons. The van der Waals surface area contributed by atoms with E-state index in [1.807, 2.05) is 19.1 Å². The van der Waals surface area contributed by atoms with Gasteiger partial charge in [0.05, 0.1) is 27.1 Å². The predicted octanol–water partition coefficient (Wildman–Crippen LogP) is 6.80. The van der Waals surface area contributed by atoms with Crippen molar-refractivity contribution < 1.29 is 19.2 Å². The van der Waals surface area contributed by atoms with Crippen LogP contribution in [0.5, 0.6) is 11.5 Å². The molecule has 1 heterocycles. The lowest BCUT2D eigenvalue weighted by atomic mass is 10.1. The molecule has 1 aliphatic heterocycles. The molecule has 4 rings (SSSR count). The molecule has 36 heavy (non-hydrogen) atoms. The second-order valence-corrected chi connectivity index (χ2v) is 9.98. The number of nitrogens with one attached hydrogen (secondary N) is 1. The van der Waals surface area contributed by atoms with Crippen molar-refractivity contribution in [1.82, 2.24) is 5.32 Å². The third-order valence-corrected chi connectivity index (χ3v) is 6.86. The Morgan fingerprint density at radius 3 is 2.64 bits per heavy atom. The van der Waals surface area contributed by atoms with E-state index in [9.17, 15) is 14.9 Å². The van der Waals surface area contributed by atoms with Gasteiger partial charge < -0.3 is 14.8 Å². The zero-order valence-corrected chi connectivity index (χ0v) is 22.2. The number of nitro benzene ring substituents is 1. The van der Waals surface area contributed by atoms with Crippen LogP contribution in [0.15, 0.2) is 69.0 Å². The first-order valence-electron chi connectivity index (χ1n) is 10.5. The standard InChI is InChI=1S/C25H19BrClN3O5S/c1-14-3-6-17(27)12-20(14)28-25-29-24(31)22(36-25)11-16-9-19(26)23(21(10-16)34-2)35-13-15-4-7-18(8-5-15)30(32)33/h3-12H,13H2,1-2H3,(H,28,29,31)/b22-11-. The molecule has 0 spiro atoms. The predicted molar refractivity (Wildman–Crippen MR) is 145 cm³/mol. The van der Waals surface area contributed by atoms with E-state index in [1.54, 1.807) is 36.4 Å². The topological polar surface area (TPSA) is 103 Å². The minimum atomic E-state index is -0.451. The number of carbonyl (C=O) groups is 1. The van der Waals surface area contributed by atoms with Crippen LogP contribution in [-0.4, -0.2) is 23.1 Å². The van der Waals surface area contributed by atoms with Gasteiger partial charge in [-0.3, -0.25) is 14.9 Å². The monoisotopic (exact) mass is 587 g/mol. The third kappa shape index (κ3) is 6.07. The Hall–Kier alpha value is -3.34. The first kappa shape index (κ1) is 25.7. The first-order chi connectivity index (χ1) is 17.2. The van der Waals surface area contributed by atoms with Gasteiger partial charge in [-0.25, -0.2) is 4.99 Å². The van der Waals surface area contributed by atoms with Crippen LogP contribution in [0.2, 0.25) is 5.02 Å². The summed E-state index contributed by atoms with van der Waals surface area (Å²) in [6.07, 6.45) is 1.74. The number of nitrogens with zero attached hydrogens (tertiary/aromatic N) is 2. The van der Waals surface area contributed by atoms with Gasteiger partial charge in [0, 0.05) is 17.2 Å². The van der Waals surface area contributed by atoms with Crippen molar-refractivity contribution in [2.45, 2.75) is 13.5 Å². The number of nitro groups is 1. The number of aliphatic imine (C=N–C) groups is 1. The van der Waals surface area contributed by atoms with Crippen LogP contribution in [0.3, 0.4) is 0 Å². The lowest BCUT2D eigenvalue weighted by Crippen LogP contribution is -2.19. The molecule has 1 amide bonds. The van der Waals surface area contributed by atoms with E-state index in [1.165, 1.54) is 31.0 Å². The van der Waals surface area contributed by atoms with Crippen molar-refractivity contribution in [3.63, 3.8) is 0 Å². The number of hydrogen-bond acceptors (Lipinski definition) is 7. The summed E-state index contributed by atoms with van der Waals surface area (Å²) in [5.74, 6) is 0.678. The number of amidine groups is 1. The lowest BCUT2D eigenvalue weighted by molar-refractivity contribution is -0.384. The van der Waals surface area contributed by atoms with E-state index in [4.69, 9.17) is 21.1 Å². The van der Waals surface area contributed by atoms with Gasteiger partial charge in [0.2, 0.25) is 0 Å². The number of thioether (sulfide) groups is 1. The molecule has 1 aliphatic rings. The van der Waals surface area contributed by atoms with Gasteiger partial charge in [0.25, 0.3) is 11.6 Å². The normalized spacial score (nSPS) is 15.3. The Morgan fingerprint density at radius 2 is 1.94 bits per heavy atom. The molecule has 0 aromatic heterocycles. The van der Waals surface area contributed by atoms with Gasteiger partial charge in [0.15, 0.2) is 16.7 Å². The molecule has 0 unspecified atom stereocenters. The number of hydrogen-bond donors (Lipinski definition) is 1. The molecule has 1 N–H and O–H groups in total. The number of rotatable bonds is 7. The zero-order valence-electron chi connectivity index (χ0n) is 19.1. The number of carbonyl (C=O) groups excluding carboxylic acids is 1. The highest BCUT2D eigenvalue weighted by atomic mass is 79.9. The molecular weight excluding hydrogens is 570 g/mol. The number of amides is 1. The fraction of sp³-hybridized carbons (Fsp3) is 0.120. The Balaban J connectivity index is 1.52. The van der Waals surface area contributed by atoms with E-state index in [0.29, 0.717) is 36.8 Å². The van der Waals surface area contributed by atoms with Crippen LogP contribution < -0.4 is 14.8 Å². The Kier molecular flexibility index (Phi) is 7.97. The maximum absolute atomic E-state index is 12.5. The molecule has 0 aliphatic carbocycles. The van der Waals surface area contributed by atoms with Gasteiger partial charge in [-0.05, 0) is 93.8 Å². The molecule has 1 saturated heterocycles. The summed E-state index contributed by atoms with van der Waals surface area (Å²) in [6.45, 7) is 2.11. The number of benzene rings is 3. The van der Waals surface area contributed by atoms with Gasteiger partial charge >= 0.3 is 0 Å². The second-order valence-electron chi connectivity index (χ2n) is 7.66. The first-order valence-corrected chi connectivity index (χ1v) is 12.5. The highest BCUT2D eigenvalue weighted by molar-refractivity contribution is 9.10. The highest BCUT2D eigenvalue weighted by Crippen LogP contribution is 2.39. The van der Waals surface area contributed by atoms with E-state index in [-0.39, 0.29) is 18.2 Å². The summed E-state index contributed by atoms with van der Waals surface area (Å²) in [6, 6.07) is 15.1. The summed E-state index contributed by atoms with van der Waals surface area (Å²) in [5, 5.41) is 14.6. The molecule has 0 saturated carbocycles. The van der Waals surface area contributed by atoms with E-state index >= 15 is 0 Å². The Morgan fingerprint density at radius 1 is 1.19 bits per heavy atom. The minimum Gasteiger partial charge on any atom is -0.493 e. The number of halogens is 2. The van der Waals surface area contributed by atoms with E-state index in [0.717, 1.165) is 16.7 Å². The van der Waals surface area contributed by atoms with Crippen LogP contribution in [0, 0.1) is 17.0 Å². The van der Waals surface area contributed by atoms with Crippen molar-refractivity contribution in [1.29, 1.82) is 0 Å². The number of non-ortho nitro benzene ring substituents is 1. The largest absolute Gasteiger partial charge is 0.493 e. The molecule has 8 nitrogen and oxygen atoms in total. The van der Waals surface area contributed by atoms with Gasteiger partial charge in [-0.2, -0.15) is 0 Å². The number of ether oxygens (including phenoxy) is 2. The number of aryl methyl sites for hydroxylation is 1.